The van der Waals surface area contributed by atoms with Crippen LogP contribution >= 0.6 is 11.3 Å². The van der Waals surface area contributed by atoms with Gasteiger partial charge in [0.1, 0.15) is 0 Å². The van der Waals surface area contributed by atoms with Crippen LogP contribution in [0, 0.1) is 0 Å². The van der Waals surface area contributed by atoms with E-state index in [1.165, 1.54) is 11.1 Å². The van der Waals surface area contributed by atoms with Crippen LogP contribution in [-0.2, 0) is 16.0 Å². The van der Waals surface area contributed by atoms with E-state index >= 15 is 0 Å². The molecular weight excluding hydrogens is 368 g/mol. The number of carbonyl (C=O) groups excluding carboxylic acids is 1. The lowest BCUT2D eigenvalue weighted by Crippen LogP contribution is -2.41. The largest absolute Gasteiger partial charge is 0.376 e. The van der Waals surface area contributed by atoms with Gasteiger partial charge < -0.3 is 4.74 Å². The molecule has 3 aromatic rings. The van der Waals surface area contributed by atoms with Crippen LogP contribution in [0.25, 0.3) is 10.2 Å². The van der Waals surface area contributed by atoms with Crippen molar-refractivity contribution in [3.05, 3.63) is 59.7 Å². The van der Waals surface area contributed by atoms with Crippen LogP contribution in [0.5, 0.6) is 0 Å². The van der Waals surface area contributed by atoms with Crippen molar-refractivity contribution < 1.29 is 9.53 Å². The standard InChI is InChI=1S/C23H24N2O2S/c26-22(19-11-5-8-16-7-1-2-10-18(16)19)25(15-17-9-6-14-27-17)23-24-20-12-3-4-13-21(20)28-23/h1-4,7,10,12-13,17,19H,5-6,8-9,11,14-15H2. The van der Waals surface area contributed by atoms with Gasteiger partial charge in [-0.15, -0.1) is 0 Å². The van der Waals surface area contributed by atoms with Crippen LogP contribution < -0.4 is 4.90 Å². The third-order valence-corrected chi connectivity index (χ3v) is 6.92. The fraction of sp³-hybridized carbons (Fsp3) is 0.391. The van der Waals surface area contributed by atoms with Crippen LogP contribution in [-0.4, -0.2) is 30.1 Å². The van der Waals surface area contributed by atoms with Gasteiger partial charge in [-0.1, -0.05) is 47.7 Å². The maximum atomic E-state index is 13.8. The second kappa shape index (κ2) is 7.64. The highest BCUT2D eigenvalue weighted by molar-refractivity contribution is 7.22. The highest BCUT2D eigenvalue weighted by Crippen LogP contribution is 2.36. The number of benzene rings is 2. The van der Waals surface area contributed by atoms with E-state index in [2.05, 4.69) is 24.3 Å². The number of aromatic nitrogens is 1. The van der Waals surface area contributed by atoms with Gasteiger partial charge in [-0.05, 0) is 55.4 Å². The lowest BCUT2D eigenvalue weighted by atomic mass is 9.82. The maximum Gasteiger partial charge on any atom is 0.236 e. The predicted octanol–water partition coefficient (Wildman–Crippen LogP) is 4.93. The van der Waals surface area contributed by atoms with Crippen molar-refractivity contribution in [2.75, 3.05) is 18.1 Å². The molecule has 1 saturated heterocycles. The molecule has 0 radical (unpaired) electrons. The maximum absolute atomic E-state index is 13.8. The van der Waals surface area contributed by atoms with Crippen molar-refractivity contribution in [2.45, 2.75) is 44.1 Å². The van der Waals surface area contributed by atoms with E-state index in [0.29, 0.717) is 6.54 Å². The number of nitrogens with zero attached hydrogens (tertiary/aromatic N) is 2. The Labute approximate surface area is 169 Å². The van der Waals surface area contributed by atoms with Gasteiger partial charge in [0, 0.05) is 6.61 Å². The van der Waals surface area contributed by atoms with Crippen molar-refractivity contribution in [3.8, 4) is 0 Å². The van der Waals surface area contributed by atoms with Crippen molar-refractivity contribution >= 4 is 32.6 Å². The molecule has 2 unspecified atom stereocenters. The van der Waals surface area contributed by atoms with Gasteiger partial charge in [-0.2, -0.15) is 0 Å². The van der Waals surface area contributed by atoms with Crippen LogP contribution in [0.3, 0.4) is 0 Å². The number of rotatable bonds is 4. The predicted molar refractivity (Wildman–Crippen MR) is 113 cm³/mol. The van der Waals surface area contributed by atoms with E-state index in [-0.39, 0.29) is 17.9 Å². The molecular formula is C23H24N2O2S. The Morgan fingerprint density at radius 3 is 2.82 bits per heavy atom. The van der Waals surface area contributed by atoms with E-state index in [4.69, 9.17) is 9.72 Å². The molecule has 4 nitrogen and oxygen atoms in total. The summed E-state index contributed by atoms with van der Waals surface area (Å²) in [5.74, 6) is 0.0834. The van der Waals surface area contributed by atoms with Gasteiger partial charge in [0.25, 0.3) is 0 Å². The molecule has 144 valence electrons. The minimum absolute atomic E-state index is 0.0848. The summed E-state index contributed by atoms with van der Waals surface area (Å²) in [5.41, 5.74) is 3.46. The fourth-order valence-electron chi connectivity index (χ4n) is 4.43. The molecule has 2 heterocycles. The Morgan fingerprint density at radius 1 is 1.11 bits per heavy atom. The first-order valence-electron chi connectivity index (χ1n) is 10.2. The van der Waals surface area contributed by atoms with Crippen LogP contribution in [0.1, 0.15) is 42.7 Å². The molecule has 2 aliphatic rings. The van der Waals surface area contributed by atoms with Gasteiger partial charge >= 0.3 is 0 Å². The van der Waals surface area contributed by atoms with Gasteiger partial charge in [0.2, 0.25) is 5.91 Å². The summed E-state index contributed by atoms with van der Waals surface area (Å²) in [6.45, 7) is 1.39. The molecule has 2 atom stereocenters. The number of hydrogen-bond acceptors (Lipinski definition) is 4. The smallest absolute Gasteiger partial charge is 0.236 e. The zero-order valence-corrected chi connectivity index (χ0v) is 16.7. The van der Waals surface area contributed by atoms with Crippen LogP contribution in [0.2, 0.25) is 0 Å². The normalized spacial score (nSPS) is 21.6. The molecule has 2 aromatic carbocycles. The first-order valence-corrected chi connectivity index (χ1v) is 11.0. The molecule has 0 spiro atoms. The molecule has 28 heavy (non-hydrogen) atoms. The second-order valence-electron chi connectivity index (χ2n) is 7.69. The number of fused-ring (bicyclic) bond motifs is 2. The number of anilines is 1. The second-order valence-corrected chi connectivity index (χ2v) is 8.70. The number of ether oxygens (including phenoxy) is 1. The summed E-state index contributed by atoms with van der Waals surface area (Å²) in [6.07, 6.45) is 5.21. The number of thiazole rings is 1. The Hall–Kier alpha value is -2.24. The molecule has 0 N–H and O–H groups in total. The van der Waals surface area contributed by atoms with Gasteiger partial charge in [-0.3, -0.25) is 9.69 Å². The molecule has 1 fully saturated rings. The molecule has 5 heteroatoms. The van der Waals surface area contributed by atoms with Gasteiger partial charge in [0.05, 0.1) is 28.8 Å². The zero-order valence-electron chi connectivity index (χ0n) is 15.8. The highest BCUT2D eigenvalue weighted by Gasteiger charge is 2.33. The molecule has 1 aliphatic heterocycles. The Morgan fingerprint density at radius 2 is 1.96 bits per heavy atom. The van der Waals surface area contributed by atoms with Crippen LogP contribution in [0.4, 0.5) is 5.13 Å². The number of para-hydroxylation sites is 1. The van der Waals surface area contributed by atoms with E-state index < -0.39 is 0 Å². The van der Waals surface area contributed by atoms with E-state index in [9.17, 15) is 4.79 Å². The highest BCUT2D eigenvalue weighted by atomic mass is 32.1. The van der Waals surface area contributed by atoms with E-state index in [0.717, 1.165) is 54.1 Å². The number of hydrogen-bond donors (Lipinski definition) is 0. The number of amides is 1. The fourth-order valence-corrected chi connectivity index (χ4v) is 5.41. The minimum atomic E-state index is -0.0848. The van der Waals surface area contributed by atoms with Crippen molar-refractivity contribution in [2.24, 2.45) is 0 Å². The summed E-state index contributed by atoms with van der Waals surface area (Å²) in [4.78, 5) is 20.5. The molecule has 0 bridgehead atoms. The SMILES string of the molecule is O=C(C1CCCc2ccccc21)N(CC1CCCO1)c1nc2ccccc2s1. The topological polar surface area (TPSA) is 42.4 Å². The summed E-state index contributed by atoms with van der Waals surface area (Å²) < 4.78 is 6.99. The van der Waals surface area contributed by atoms with Crippen LogP contribution in [0.15, 0.2) is 48.5 Å². The Kier molecular flexibility index (Phi) is 4.87. The average Bonchev–Trinajstić information content (AvgIpc) is 3.40. The average molecular weight is 393 g/mol. The van der Waals surface area contributed by atoms with Crippen molar-refractivity contribution in [3.63, 3.8) is 0 Å². The molecule has 5 rings (SSSR count). The summed E-state index contributed by atoms with van der Waals surface area (Å²) in [5, 5.41) is 0.796. The molecule has 0 saturated carbocycles. The third-order valence-electron chi connectivity index (χ3n) is 5.86. The summed E-state index contributed by atoms with van der Waals surface area (Å²) in [6, 6.07) is 16.5. The minimum Gasteiger partial charge on any atom is -0.376 e. The van der Waals surface area contributed by atoms with E-state index in [1.807, 2.05) is 29.2 Å². The lowest BCUT2D eigenvalue weighted by molar-refractivity contribution is -0.120. The first-order chi connectivity index (χ1) is 13.8. The molecule has 1 aliphatic carbocycles. The van der Waals surface area contributed by atoms with Crippen molar-refractivity contribution in [1.82, 2.24) is 4.98 Å². The lowest BCUT2D eigenvalue weighted by Gasteiger charge is -2.30. The first kappa shape index (κ1) is 17.8. The van der Waals surface area contributed by atoms with E-state index in [1.54, 1.807) is 11.3 Å². The van der Waals surface area contributed by atoms with Gasteiger partial charge in [-0.25, -0.2) is 4.98 Å². The monoisotopic (exact) mass is 392 g/mol. The quantitative estimate of drug-likeness (QED) is 0.632. The molecule has 1 amide bonds. The van der Waals surface area contributed by atoms with Crippen molar-refractivity contribution in [1.29, 1.82) is 0 Å². The zero-order chi connectivity index (χ0) is 18.9. The van der Waals surface area contributed by atoms with Gasteiger partial charge in [0.15, 0.2) is 5.13 Å². The number of aryl methyl sites for hydroxylation is 1. The third kappa shape index (κ3) is 3.33. The Balaban J connectivity index is 1.51. The summed E-state index contributed by atoms with van der Waals surface area (Å²) >= 11 is 1.60. The Bertz CT molecular complexity index is 960. The number of carbonyl (C=O) groups is 1. The molecule has 1 aromatic heterocycles. The summed E-state index contributed by atoms with van der Waals surface area (Å²) in [7, 11) is 0.